The Morgan fingerprint density at radius 3 is 2.59 bits per heavy atom. The SMILES string of the molecule is COC(=O)C1(Nc2nc(Cl)ncc2C#CCNC(=O)OC(C)(C)C)CCCCC1. The first-order valence-electron chi connectivity index (χ1n) is 9.50. The second kappa shape index (κ2) is 9.79. The Kier molecular flexibility index (Phi) is 7.68. The number of halogens is 1. The van der Waals surface area contributed by atoms with Crippen LogP contribution in [0.5, 0.6) is 0 Å². The number of hydrogen-bond acceptors (Lipinski definition) is 7. The summed E-state index contributed by atoms with van der Waals surface area (Å²) >= 11 is 5.96. The molecule has 0 saturated heterocycles. The van der Waals surface area contributed by atoms with Crippen LogP contribution in [-0.2, 0) is 14.3 Å². The summed E-state index contributed by atoms with van der Waals surface area (Å²) in [4.78, 5) is 32.3. The predicted octanol–water partition coefficient (Wildman–Crippen LogP) is 3.29. The molecule has 8 nitrogen and oxygen atoms in total. The highest BCUT2D eigenvalue weighted by Crippen LogP contribution is 2.33. The Labute approximate surface area is 176 Å². The number of alkyl carbamates (subject to hydrolysis) is 1. The largest absolute Gasteiger partial charge is 0.467 e. The highest BCUT2D eigenvalue weighted by Gasteiger charge is 2.41. The highest BCUT2D eigenvalue weighted by molar-refractivity contribution is 6.28. The molecule has 1 heterocycles. The number of amides is 1. The maximum Gasteiger partial charge on any atom is 0.408 e. The smallest absolute Gasteiger partial charge is 0.408 e. The maximum absolute atomic E-state index is 12.5. The summed E-state index contributed by atoms with van der Waals surface area (Å²) in [5, 5.41) is 5.81. The fourth-order valence-electron chi connectivity index (χ4n) is 3.07. The van der Waals surface area contributed by atoms with Crippen molar-refractivity contribution in [3.63, 3.8) is 0 Å². The molecular weight excluding hydrogens is 396 g/mol. The molecule has 29 heavy (non-hydrogen) atoms. The Hall–Kier alpha value is -2.53. The number of methoxy groups -OCH3 is 1. The Morgan fingerprint density at radius 2 is 1.97 bits per heavy atom. The molecule has 2 rings (SSSR count). The molecule has 0 bridgehead atoms. The average Bonchev–Trinajstić information content (AvgIpc) is 2.65. The number of esters is 1. The first-order chi connectivity index (χ1) is 13.6. The molecule has 158 valence electrons. The number of nitrogens with zero attached hydrogens (tertiary/aromatic N) is 2. The zero-order chi connectivity index (χ0) is 21.5. The van der Waals surface area contributed by atoms with Crippen molar-refractivity contribution in [2.45, 2.75) is 64.0 Å². The predicted molar refractivity (Wildman–Crippen MR) is 110 cm³/mol. The molecule has 0 unspecified atom stereocenters. The van der Waals surface area contributed by atoms with Crippen LogP contribution in [0.1, 0.15) is 58.4 Å². The monoisotopic (exact) mass is 422 g/mol. The van der Waals surface area contributed by atoms with Crippen LogP contribution in [0.3, 0.4) is 0 Å². The molecule has 0 radical (unpaired) electrons. The third kappa shape index (κ3) is 6.79. The van der Waals surface area contributed by atoms with Gasteiger partial charge in [0.1, 0.15) is 17.0 Å². The van der Waals surface area contributed by atoms with E-state index in [0.717, 1.165) is 19.3 Å². The number of nitrogens with one attached hydrogen (secondary N) is 2. The van der Waals surface area contributed by atoms with Crippen molar-refractivity contribution in [2.75, 3.05) is 19.0 Å². The molecule has 1 aromatic rings. The molecular formula is C20H27ClN4O4. The first-order valence-corrected chi connectivity index (χ1v) is 9.88. The lowest BCUT2D eigenvalue weighted by molar-refractivity contribution is -0.147. The summed E-state index contributed by atoms with van der Waals surface area (Å²) in [5.74, 6) is 5.76. The third-order valence-electron chi connectivity index (χ3n) is 4.34. The van der Waals surface area contributed by atoms with Gasteiger partial charge in [-0.1, -0.05) is 31.1 Å². The summed E-state index contributed by atoms with van der Waals surface area (Å²) in [5.41, 5.74) is -0.981. The Morgan fingerprint density at radius 1 is 1.28 bits per heavy atom. The van der Waals surface area contributed by atoms with Crippen LogP contribution in [0.25, 0.3) is 0 Å². The van der Waals surface area contributed by atoms with E-state index in [1.54, 1.807) is 20.8 Å². The topological polar surface area (TPSA) is 102 Å². The van der Waals surface area contributed by atoms with Gasteiger partial charge in [-0.05, 0) is 45.2 Å². The summed E-state index contributed by atoms with van der Waals surface area (Å²) in [7, 11) is 1.37. The van der Waals surface area contributed by atoms with Gasteiger partial charge in [0.2, 0.25) is 5.28 Å². The summed E-state index contributed by atoms with van der Waals surface area (Å²) < 4.78 is 10.2. The van der Waals surface area contributed by atoms with Gasteiger partial charge in [-0.15, -0.1) is 0 Å². The van der Waals surface area contributed by atoms with Gasteiger partial charge in [0.15, 0.2) is 0 Å². The zero-order valence-electron chi connectivity index (χ0n) is 17.2. The van der Waals surface area contributed by atoms with E-state index in [9.17, 15) is 9.59 Å². The summed E-state index contributed by atoms with van der Waals surface area (Å²) in [6.45, 7) is 5.43. The van der Waals surface area contributed by atoms with Gasteiger partial charge in [-0.2, -0.15) is 4.98 Å². The van der Waals surface area contributed by atoms with E-state index < -0.39 is 17.2 Å². The number of ether oxygens (including phenoxy) is 2. The number of aromatic nitrogens is 2. The van der Waals surface area contributed by atoms with Gasteiger partial charge < -0.3 is 20.1 Å². The first kappa shape index (κ1) is 22.8. The maximum atomic E-state index is 12.5. The molecule has 0 aliphatic heterocycles. The van der Waals surface area contributed by atoms with Crippen molar-refractivity contribution in [3.05, 3.63) is 17.0 Å². The van der Waals surface area contributed by atoms with Crippen molar-refractivity contribution in [1.29, 1.82) is 0 Å². The Bertz CT molecular complexity index is 805. The minimum atomic E-state index is -0.865. The molecule has 0 spiro atoms. The molecule has 1 saturated carbocycles. The summed E-state index contributed by atoms with van der Waals surface area (Å²) in [6.07, 6.45) is 5.07. The van der Waals surface area contributed by atoms with E-state index in [0.29, 0.717) is 24.2 Å². The number of rotatable bonds is 4. The fourth-order valence-corrected chi connectivity index (χ4v) is 3.21. The van der Waals surface area contributed by atoms with Gasteiger partial charge in [-0.25, -0.2) is 14.6 Å². The lowest BCUT2D eigenvalue weighted by Crippen LogP contribution is -2.49. The molecule has 1 fully saturated rings. The summed E-state index contributed by atoms with van der Waals surface area (Å²) in [6, 6.07) is 0. The van der Waals surface area contributed by atoms with Gasteiger partial charge in [0.25, 0.3) is 0 Å². The second-order valence-electron chi connectivity index (χ2n) is 7.82. The van der Waals surface area contributed by atoms with Crippen LogP contribution in [0.15, 0.2) is 6.20 Å². The van der Waals surface area contributed by atoms with E-state index in [2.05, 4.69) is 32.4 Å². The molecule has 1 aromatic heterocycles. The lowest BCUT2D eigenvalue weighted by Gasteiger charge is -2.35. The molecule has 0 aromatic carbocycles. The quantitative estimate of drug-likeness (QED) is 0.436. The van der Waals surface area contributed by atoms with Crippen LogP contribution in [0.2, 0.25) is 5.28 Å². The number of anilines is 1. The number of carbonyl (C=O) groups excluding carboxylic acids is 2. The van der Waals surface area contributed by atoms with Crippen molar-refractivity contribution in [2.24, 2.45) is 0 Å². The molecule has 1 aliphatic rings. The van der Waals surface area contributed by atoms with Crippen LogP contribution in [0, 0.1) is 11.8 Å². The van der Waals surface area contributed by atoms with E-state index in [-0.39, 0.29) is 17.8 Å². The number of hydrogen-bond donors (Lipinski definition) is 2. The fraction of sp³-hybridized carbons (Fsp3) is 0.600. The van der Waals surface area contributed by atoms with Gasteiger partial charge in [-0.3, -0.25) is 0 Å². The second-order valence-corrected chi connectivity index (χ2v) is 8.16. The third-order valence-corrected chi connectivity index (χ3v) is 4.53. The van der Waals surface area contributed by atoms with E-state index in [1.165, 1.54) is 13.3 Å². The Balaban J connectivity index is 2.15. The van der Waals surface area contributed by atoms with Gasteiger partial charge in [0, 0.05) is 6.20 Å². The van der Waals surface area contributed by atoms with Crippen molar-refractivity contribution >= 4 is 29.5 Å². The van der Waals surface area contributed by atoms with Gasteiger partial charge in [0.05, 0.1) is 19.2 Å². The normalized spacial score (nSPS) is 15.5. The average molecular weight is 423 g/mol. The van der Waals surface area contributed by atoms with Gasteiger partial charge >= 0.3 is 12.1 Å². The molecule has 9 heteroatoms. The van der Waals surface area contributed by atoms with Crippen molar-refractivity contribution < 1.29 is 19.1 Å². The van der Waals surface area contributed by atoms with E-state index in [1.807, 2.05) is 0 Å². The standard InChI is InChI=1S/C20H27ClN4O4/c1-19(2,3)29-18(27)22-12-8-9-14-13-23-17(21)24-15(14)25-20(16(26)28-4)10-6-5-7-11-20/h13H,5-7,10-12H2,1-4H3,(H,22,27)(H,23,24,25). The van der Waals surface area contributed by atoms with E-state index >= 15 is 0 Å². The van der Waals surface area contributed by atoms with E-state index in [4.69, 9.17) is 21.1 Å². The van der Waals surface area contributed by atoms with Crippen LogP contribution in [-0.4, -0.2) is 46.8 Å². The molecule has 2 N–H and O–H groups in total. The minimum Gasteiger partial charge on any atom is -0.467 e. The highest BCUT2D eigenvalue weighted by atomic mass is 35.5. The number of carbonyl (C=O) groups is 2. The van der Waals surface area contributed by atoms with Crippen LogP contribution < -0.4 is 10.6 Å². The minimum absolute atomic E-state index is 0.0424. The molecule has 1 aliphatic carbocycles. The molecule has 1 amide bonds. The molecule has 0 atom stereocenters. The van der Waals surface area contributed by atoms with Crippen LogP contribution in [0.4, 0.5) is 10.6 Å². The zero-order valence-corrected chi connectivity index (χ0v) is 18.0. The van der Waals surface area contributed by atoms with Crippen molar-refractivity contribution in [1.82, 2.24) is 15.3 Å². The lowest BCUT2D eigenvalue weighted by atomic mass is 9.81. The van der Waals surface area contributed by atoms with Crippen LogP contribution >= 0.6 is 11.6 Å². The van der Waals surface area contributed by atoms with Crippen molar-refractivity contribution in [3.8, 4) is 11.8 Å².